The minimum atomic E-state index is -0.176. The number of halogens is 1. The molecule has 0 saturated heterocycles. The smallest absolute Gasteiger partial charge is 0.251 e. The molecular formula is C18H26IN5O2S. The third kappa shape index (κ3) is 7.71. The van der Waals surface area contributed by atoms with Crippen molar-refractivity contribution in [1.82, 2.24) is 20.9 Å². The Bertz CT molecular complexity index is 762. The molecule has 0 atom stereocenters. The highest BCUT2D eigenvalue weighted by Crippen LogP contribution is 2.17. The van der Waals surface area contributed by atoms with E-state index in [0.29, 0.717) is 31.2 Å². The van der Waals surface area contributed by atoms with Gasteiger partial charge in [0.05, 0.1) is 17.2 Å². The predicted octanol–water partition coefficient (Wildman–Crippen LogP) is 2.57. The molecule has 0 bridgehead atoms. The van der Waals surface area contributed by atoms with Gasteiger partial charge in [-0.05, 0) is 45.0 Å². The second-order valence-electron chi connectivity index (χ2n) is 5.67. The van der Waals surface area contributed by atoms with Crippen molar-refractivity contribution in [2.24, 2.45) is 4.99 Å². The summed E-state index contributed by atoms with van der Waals surface area (Å²) in [6.45, 7) is 8.34. The van der Waals surface area contributed by atoms with Crippen molar-refractivity contribution >= 4 is 47.2 Å². The number of aliphatic imine (C=N–C) groups is 1. The Labute approximate surface area is 180 Å². The number of hydrogen-bond donors (Lipinski definition) is 4. The van der Waals surface area contributed by atoms with Crippen LogP contribution in [0.4, 0.5) is 0 Å². The maximum Gasteiger partial charge on any atom is 0.251 e. The highest BCUT2D eigenvalue weighted by atomic mass is 127. The summed E-state index contributed by atoms with van der Waals surface area (Å²) in [4.78, 5) is 22.1. The summed E-state index contributed by atoms with van der Waals surface area (Å²) in [5.74, 6) is 0.669. The monoisotopic (exact) mass is 503 g/mol. The van der Waals surface area contributed by atoms with Gasteiger partial charge in [0.2, 0.25) is 0 Å². The molecule has 0 radical (unpaired) electrons. The average Bonchev–Trinajstić information content (AvgIpc) is 2.94. The number of carbonyl (C=O) groups excluding carboxylic acids is 1. The third-order valence-corrected chi connectivity index (χ3v) is 4.61. The highest BCUT2D eigenvalue weighted by molar-refractivity contribution is 14.0. The summed E-state index contributed by atoms with van der Waals surface area (Å²) < 4.78 is 0. The molecule has 2 aromatic rings. The van der Waals surface area contributed by atoms with Crippen molar-refractivity contribution < 1.29 is 9.90 Å². The molecule has 0 aliphatic carbocycles. The Morgan fingerprint density at radius 2 is 1.81 bits per heavy atom. The number of carbonyl (C=O) groups is 1. The van der Waals surface area contributed by atoms with E-state index in [2.05, 4.69) is 25.9 Å². The molecule has 0 saturated carbocycles. The molecule has 9 heteroatoms. The number of thiazole rings is 1. The Kier molecular flexibility index (Phi) is 10.1. The first-order valence-electron chi connectivity index (χ1n) is 8.52. The molecule has 0 spiro atoms. The number of guanidine groups is 1. The normalized spacial score (nSPS) is 10.9. The Hall–Kier alpha value is -1.88. The maximum atomic E-state index is 12.0. The van der Waals surface area contributed by atoms with Crippen molar-refractivity contribution in [2.45, 2.75) is 27.3 Å². The lowest BCUT2D eigenvalue weighted by atomic mass is 10.2. The molecular weight excluding hydrogens is 477 g/mol. The average molecular weight is 503 g/mol. The number of hydrogen-bond acceptors (Lipinski definition) is 5. The van der Waals surface area contributed by atoms with Crippen molar-refractivity contribution in [2.75, 3.05) is 19.6 Å². The van der Waals surface area contributed by atoms with Gasteiger partial charge in [-0.1, -0.05) is 0 Å². The number of benzene rings is 1. The molecule has 148 valence electrons. The van der Waals surface area contributed by atoms with Crippen LogP contribution in [0, 0.1) is 13.8 Å². The molecule has 7 nitrogen and oxygen atoms in total. The largest absolute Gasteiger partial charge is 0.508 e. The van der Waals surface area contributed by atoms with E-state index in [1.165, 1.54) is 12.1 Å². The molecule has 1 heterocycles. The molecule has 27 heavy (non-hydrogen) atoms. The topological polar surface area (TPSA) is 98.6 Å². The van der Waals surface area contributed by atoms with Crippen molar-refractivity contribution in [3.05, 3.63) is 45.4 Å². The lowest BCUT2D eigenvalue weighted by Gasteiger charge is -2.12. The van der Waals surface area contributed by atoms with Crippen LogP contribution in [0.25, 0.3) is 0 Å². The summed E-state index contributed by atoms with van der Waals surface area (Å²) in [7, 11) is 0. The van der Waals surface area contributed by atoms with Gasteiger partial charge in [-0.15, -0.1) is 35.3 Å². The zero-order valence-corrected chi connectivity index (χ0v) is 18.9. The van der Waals surface area contributed by atoms with E-state index in [4.69, 9.17) is 0 Å². The van der Waals surface area contributed by atoms with Crippen LogP contribution in [0.2, 0.25) is 0 Å². The standard InChI is InChI=1S/C18H25N5O2S.HI/c1-4-19-18(22-11-16-12(2)23-13(3)26-16)21-10-9-20-17(25)14-5-7-15(24)8-6-14;/h5-8,24H,4,9-11H2,1-3H3,(H,20,25)(H2,19,21,22);1H. The zero-order chi connectivity index (χ0) is 18.9. The molecule has 0 aliphatic heterocycles. The van der Waals surface area contributed by atoms with Crippen LogP contribution >= 0.6 is 35.3 Å². The van der Waals surface area contributed by atoms with E-state index >= 15 is 0 Å². The number of aromatic hydroxyl groups is 1. The minimum absolute atomic E-state index is 0. The van der Waals surface area contributed by atoms with Crippen molar-refractivity contribution in [3.63, 3.8) is 0 Å². The van der Waals surface area contributed by atoms with Gasteiger partial charge in [-0.25, -0.2) is 9.98 Å². The number of rotatable bonds is 7. The SMILES string of the molecule is CCNC(=NCc1sc(C)nc1C)NCCNC(=O)c1ccc(O)cc1.I. The third-order valence-electron chi connectivity index (χ3n) is 3.56. The fraction of sp³-hybridized carbons (Fsp3) is 0.389. The molecule has 1 aromatic heterocycles. The summed E-state index contributed by atoms with van der Waals surface area (Å²) in [6, 6.07) is 6.16. The minimum Gasteiger partial charge on any atom is -0.508 e. The number of aryl methyl sites for hydroxylation is 2. The van der Waals surface area contributed by atoms with Gasteiger partial charge in [-0.2, -0.15) is 0 Å². The van der Waals surface area contributed by atoms with E-state index in [-0.39, 0.29) is 35.6 Å². The second kappa shape index (κ2) is 11.8. The number of phenolic OH excluding ortho intramolecular Hbond substituents is 1. The number of aromatic nitrogens is 1. The van der Waals surface area contributed by atoms with Crippen LogP contribution in [-0.4, -0.2) is 41.6 Å². The van der Waals surface area contributed by atoms with Gasteiger partial charge in [0.15, 0.2) is 5.96 Å². The van der Waals surface area contributed by atoms with Gasteiger partial charge in [0, 0.05) is 30.1 Å². The maximum absolute atomic E-state index is 12.0. The number of amides is 1. The van der Waals surface area contributed by atoms with E-state index in [9.17, 15) is 9.90 Å². The molecule has 1 amide bonds. The summed E-state index contributed by atoms with van der Waals surface area (Å²) >= 11 is 1.66. The first-order valence-corrected chi connectivity index (χ1v) is 9.33. The van der Waals surface area contributed by atoms with Gasteiger partial charge in [-0.3, -0.25) is 4.79 Å². The number of phenols is 1. The summed E-state index contributed by atoms with van der Waals surface area (Å²) in [5, 5.41) is 19.5. The fourth-order valence-electron chi connectivity index (χ4n) is 2.28. The first-order chi connectivity index (χ1) is 12.5. The van der Waals surface area contributed by atoms with Gasteiger partial charge < -0.3 is 21.1 Å². The Balaban J connectivity index is 0.00000364. The molecule has 2 rings (SSSR count). The summed E-state index contributed by atoms with van der Waals surface area (Å²) in [5.41, 5.74) is 1.53. The molecule has 4 N–H and O–H groups in total. The number of nitrogens with one attached hydrogen (secondary N) is 3. The van der Waals surface area contributed by atoms with Crippen LogP contribution in [-0.2, 0) is 6.54 Å². The molecule has 0 aliphatic rings. The second-order valence-corrected chi connectivity index (χ2v) is 6.95. The molecule has 0 unspecified atom stereocenters. The van der Waals surface area contributed by atoms with Crippen LogP contribution in [0.1, 0.15) is 32.9 Å². The summed E-state index contributed by atoms with van der Waals surface area (Å²) in [6.07, 6.45) is 0. The van der Waals surface area contributed by atoms with E-state index in [0.717, 1.165) is 22.1 Å². The van der Waals surface area contributed by atoms with Crippen molar-refractivity contribution in [1.29, 1.82) is 0 Å². The lowest BCUT2D eigenvalue weighted by Crippen LogP contribution is -2.41. The predicted molar refractivity (Wildman–Crippen MR) is 120 cm³/mol. The Morgan fingerprint density at radius 3 is 2.41 bits per heavy atom. The van der Waals surface area contributed by atoms with Gasteiger partial charge in [0.25, 0.3) is 5.91 Å². The van der Waals surface area contributed by atoms with Gasteiger partial charge in [0.1, 0.15) is 5.75 Å². The van der Waals surface area contributed by atoms with Crippen LogP contribution in [0.3, 0.4) is 0 Å². The van der Waals surface area contributed by atoms with Gasteiger partial charge >= 0.3 is 0 Å². The zero-order valence-electron chi connectivity index (χ0n) is 15.7. The highest BCUT2D eigenvalue weighted by Gasteiger charge is 2.06. The molecule has 0 fully saturated rings. The Morgan fingerprint density at radius 1 is 1.15 bits per heavy atom. The van der Waals surface area contributed by atoms with E-state index in [1.54, 1.807) is 23.5 Å². The van der Waals surface area contributed by atoms with Crippen LogP contribution < -0.4 is 16.0 Å². The quantitative estimate of drug-likeness (QED) is 0.202. The fourth-order valence-corrected chi connectivity index (χ4v) is 3.15. The lowest BCUT2D eigenvalue weighted by molar-refractivity contribution is 0.0954. The number of nitrogens with zero attached hydrogens (tertiary/aromatic N) is 2. The van der Waals surface area contributed by atoms with E-state index < -0.39 is 0 Å². The first kappa shape index (κ1) is 23.2. The van der Waals surface area contributed by atoms with Crippen molar-refractivity contribution in [3.8, 4) is 5.75 Å². The molecule has 1 aromatic carbocycles. The van der Waals surface area contributed by atoms with E-state index in [1.807, 2.05) is 20.8 Å². The van der Waals surface area contributed by atoms with Crippen LogP contribution in [0.15, 0.2) is 29.3 Å². The van der Waals surface area contributed by atoms with Crippen LogP contribution in [0.5, 0.6) is 5.75 Å².